The number of aryl methyl sites for hydroxylation is 2. The lowest BCUT2D eigenvalue weighted by Crippen LogP contribution is -2.41. The Labute approximate surface area is 130 Å². The Kier molecular flexibility index (Phi) is 4.10. The van der Waals surface area contributed by atoms with E-state index in [1.165, 1.54) is 16.9 Å². The van der Waals surface area contributed by atoms with Crippen molar-refractivity contribution in [2.24, 2.45) is 0 Å². The van der Waals surface area contributed by atoms with Gasteiger partial charge in [0.15, 0.2) is 9.84 Å². The van der Waals surface area contributed by atoms with Crippen LogP contribution in [0.1, 0.15) is 46.3 Å². The molecule has 4 nitrogen and oxygen atoms in total. The summed E-state index contributed by atoms with van der Waals surface area (Å²) in [5, 5.41) is 0. The first-order valence-electron chi connectivity index (χ1n) is 7.63. The molecule has 1 aromatic heterocycles. The van der Waals surface area contributed by atoms with Crippen LogP contribution in [0.5, 0.6) is 0 Å². The van der Waals surface area contributed by atoms with Crippen LogP contribution < -0.4 is 0 Å². The van der Waals surface area contributed by atoms with Crippen molar-refractivity contribution in [2.45, 2.75) is 45.1 Å². The van der Waals surface area contributed by atoms with Crippen LogP contribution in [0.3, 0.4) is 0 Å². The van der Waals surface area contributed by atoms with Crippen molar-refractivity contribution in [3.05, 3.63) is 21.4 Å². The second-order valence-electron chi connectivity index (χ2n) is 5.97. The molecule has 0 saturated carbocycles. The Balaban J connectivity index is 1.81. The molecule has 0 unspecified atom stereocenters. The number of thiophene rings is 1. The second kappa shape index (κ2) is 5.72. The lowest BCUT2D eigenvalue weighted by molar-refractivity contribution is 0.0702. The van der Waals surface area contributed by atoms with Gasteiger partial charge in [0, 0.05) is 17.5 Å². The van der Waals surface area contributed by atoms with Gasteiger partial charge < -0.3 is 4.90 Å². The molecule has 0 radical (unpaired) electrons. The van der Waals surface area contributed by atoms with E-state index in [9.17, 15) is 13.2 Å². The van der Waals surface area contributed by atoms with Crippen LogP contribution in [0.4, 0.5) is 0 Å². The summed E-state index contributed by atoms with van der Waals surface area (Å²) in [4.78, 5) is 16.7. The van der Waals surface area contributed by atoms with Crippen molar-refractivity contribution < 1.29 is 13.2 Å². The minimum Gasteiger partial charge on any atom is -0.334 e. The standard InChI is InChI=1S/C15H21NO3S2/c1-2-7-16(12-6-8-21(18,19)10-12)15(17)14-9-11-4-3-5-13(11)20-14/h9,12H,2-8,10H2,1H3/t12-/m1/s1. The topological polar surface area (TPSA) is 54.5 Å². The molecular weight excluding hydrogens is 306 g/mol. The van der Waals surface area contributed by atoms with Crippen LogP contribution in [-0.2, 0) is 22.7 Å². The molecule has 0 aromatic carbocycles. The van der Waals surface area contributed by atoms with E-state index < -0.39 is 9.84 Å². The van der Waals surface area contributed by atoms with E-state index in [0.717, 1.165) is 24.1 Å². The highest BCUT2D eigenvalue weighted by Crippen LogP contribution is 2.32. The zero-order valence-electron chi connectivity index (χ0n) is 12.3. The number of fused-ring (bicyclic) bond motifs is 1. The molecule has 2 heterocycles. The molecule has 6 heteroatoms. The number of sulfone groups is 1. The van der Waals surface area contributed by atoms with Gasteiger partial charge in [0.1, 0.15) is 0 Å². The quantitative estimate of drug-likeness (QED) is 0.852. The van der Waals surface area contributed by atoms with E-state index in [4.69, 9.17) is 0 Å². The predicted molar refractivity (Wildman–Crippen MR) is 84.7 cm³/mol. The maximum Gasteiger partial charge on any atom is 0.264 e. The highest BCUT2D eigenvalue weighted by Gasteiger charge is 2.35. The molecule has 1 aliphatic heterocycles. The number of hydrogen-bond acceptors (Lipinski definition) is 4. The SMILES string of the molecule is CCCN(C(=O)c1cc2c(s1)CCC2)[C@@H]1CCS(=O)(=O)C1. The molecule has 3 rings (SSSR count). The Hall–Kier alpha value is -0.880. The van der Waals surface area contributed by atoms with Gasteiger partial charge in [0.25, 0.3) is 5.91 Å². The van der Waals surface area contributed by atoms with Gasteiger partial charge in [0.05, 0.1) is 16.4 Å². The monoisotopic (exact) mass is 327 g/mol. The van der Waals surface area contributed by atoms with Crippen molar-refractivity contribution in [3.63, 3.8) is 0 Å². The summed E-state index contributed by atoms with van der Waals surface area (Å²) in [6.07, 6.45) is 4.78. The van der Waals surface area contributed by atoms with E-state index in [2.05, 4.69) is 0 Å². The number of rotatable bonds is 4. The van der Waals surface area contributed by atoms with Crippen molar-refractivity contribution in [3.8, 4) is 0 Å². The first-order valence-corrected chi connectivity index (χ1v) is 10.3. The highest BCUT2D eigenvalue weighted by molar-refractivity contribution is 7.91. The summed E-state index contributed by atoms with van der Waals surface area (Å²) in [7, 11) is -2.96. The third-order valence-corrected chi connectivity index (χ3v) is 7.31. The zero-order valence-corrected chi connectivity index (χ0v) is 13.9. The molecule has 1 fully saturated rings. The van der Waals surface area contributed by atoms with Gasteiger partial charge in [-0.3, -0.25) is 4.79 Å². The molecule has 2 aliphatic rings. The minimum absolute atomic E-state index is 0.0263. The van der Waals surface area contributed by atoms with E-state index in [-0.39, 0.29) is 23.5 Å². The molecule has 1 amide bonds. The van der Waals surface area contributed by atoms with Crippen LogP contribution in [0.15, 0.2) is 6.07 Å². The van der Waals surface area contributed by atoms with Gasteiger partial charge in [-0.1, -0.05) is 6.92 Å². The maximum atomic E-state index is 12.8. The molecule has 1 saturated heterocycles. The first kappa shape index (κ1) is 15.0. The van der Waals surface area contributed by atoms with Crippen LogP contribution in [-0.4, -0.2) is 43.3 Å². The van der Waals surface area contributed by atoms with Crippen LogP contribution in [0.25, 0.3) is 0 Å². The summed E-state index contributed by atoms with van der Waals surface area (Å²) in [6, 6.07) is 1.89. The van der Waals surface area contributed by atoms with Crippen LogP contribution in [0.2, 0.25) is 0 Å². The fourth-order valence-electron chi connectivity index (χ4n) is 3.29. The van der Waals surface area contributed by atoms with Crippen molar-refractivity contribution in [2.75, 3.05) is 18.1 Å². The lowest BCUT2D eigenvalue weighted by atomic mass is 10.2. The van der Waals surface area contributed by atoms with Crippen molar-refractivity contribution in [1.29, 1.82) is 0 Å². The predicted octanol–water partition coefficient (Wildman–Crippen LogP) is 2.28. The van der Waals surface area contributed by atoms with E-state index >= 15 is 0 Å². The highest BCUT2D eigenvalue weighted by atomic mass is 32.2. The molecule has 116 valence electrons. The van der Waals surface area contributed by atoms with Gasteiger partial charge in [-0.25, -0.2) is 8.42 Å². The Morgan fingerprint density at radius 1 is 1.43 bits per heavy atom. The van der Waals surface area contributed by atoms with Crippen molar-refractivity contribution in [1.82, 2.24) is 4.90 Å². The Morgan fingerprint density at radius 3 is 2.86 bits per heavy atom. The number of amides is 1. The minimum atomic E-state index is -2.96. The Bertz CT molecular complexity index is 626. The fraction of sp³-hybridized carbons (Fsp3) is 0.667. The molecule has 1 aliphatic carbocycles. The third-order valence-electron chi connectivity index (χ3n) is 4.33. The molecular formula is C15H21NO3S2. The lowest BCUT2D eigenvalue weighted by Gasteiger charge is -2.27. The van der Waals surface area contributed by atoms with E-state index in [1.807, 2.05) is 13.0 Å². The molecule has 0 spiro atoms. The normalized spacial score (nSPS) is 23.2. The van der Waals surface area contributed by atoms with Gasteiger partial charge >= 0.3 is 0 Å². The smallest absolute Gasteiger partial charge is 0.264 e. The van der Waals surface area contributed by atoms with Gasteiger partial charge in [0.2, 0.25) is 0 Å². The molecule has 0 bridgehead atoms. The fourth-order valence-corrected chi connectivity index (χ4v) is 6.23. The van der Waals surface area contributed by atoms with Crippen LogP contribution in [0, 0.1) is 0 Å². The summed E-state index contributed by atoms with van der Waals surface area (Å²) in [6.45, 7) is 2.67. The van der Waals surface area contributed by atoms with Gasteiger partial charge in [-0.05, 0) is 43.7 Å². The van der Waals surface area contributed by atoms with Gasteiger partial charge in [-0.15, -0.1) is 11.3 Å². The molecule has 21 heavy (non-hydrogen) atoms. The summed E-state index contributed by atoms with van der Waals surface area (Å²) in [5.74, 6) is 0.369. The summed E-state index contributed by atoms with van der Waals surface area (Å²) in [5.41, 5.74) is 1.32. The number of hydrogen-bond donors (Lipinski definition) is 0. The summed E-state index contributed by atoms with van der Waals surface area (Å²) >= 11 is 1.60. The molecule has 0 N–H and O–H groups in total. The number of carbonyl (C=O) groups is 1. The number of nitrogens with zero attached hydrogens (tertiary/aromatic N) is 1. The molecule has 1 atom stereocenters. The van der Waals surface area contributed by atoms with Crippen LogP contribution >= 0.6 is 11.3 Å². The average Bonchev–Trinajstić information content (AvgIpc) is 3.08. The Morgan fingerprint density at radius 2 is 2.24 bits per heavy atom. The van der Waals surface area contributed by atoms with Gasteiger partial charge in [-0.2, -0.15) is 0 Å². The number of carbonyl (C=O) groups excluding carboxylic acids is 1. The van der Waals surface area contributed by atoms with E-state index in [0.29, 0.717) is 13.0 Å². The molecule has 1 aromatic rings. The van der Waals surface area contributed by atoms with E-state index in [1.54, 1.807) is 16.2 Å². The average molecular weight is 327 g/mol. The summed E-state index contributed by atoms with van der Waals surface area (Å²) < 4.78 is 23.4. The van der Waals surface area contributed by atoms with Crippen molar-refractivity contribution >= 4 is 27.1 Å². The largest absolute Gasteiger partial charge is 0.334 e. The first-order chi connectivity index (χ1) is 10.00. The maximum absolute atomic E-state index is 12.8. The third kappa shape index (κ3) is 3.01. The zero-order chi connectivity index (χ0) is 15.0. The second-order valence-corrected chi connectivity index (χ2v) is 9.33.